The minimum absolute atomic E-state index is 0.111. The van der Waals surface area contributed by atoms with Crippen LogP contribution in [0.2, 0.25) is 0 Å². The van der Waals surface area contributed by atoms with Crippen LogP contribution in [0, 0.1) is 0 Å². The molecule has 2 rings (SSSR count). The Morgan fingerprint density at radius 2 is 2.00 bits per heavy atom. The first-order chi connectivity index (χ1) is 9.03. The van der Waals surface area contributed by atoms with E-state index in [1.807, 2.05) is 6.92 Å². The fourth-order valence-corrected chi connectivity index (χ4v) is 2.63. The van der Waals surface area contributed by atoms with Crippen LogP contribution in [0.1, 0.15) is 18.1 Å². The Balaban J connectivity index is 2.11. The van der Waals surface area contributed by atoms with E-state index in [0.717, 1.165) is 12.0 Å². The van der Waals surface area contributed by atoms with E-state index in [9.17, 15) is 8.42 Å². The van der Waals surface area contributed by atoms with E-state index < -0.39 is 10.0 Å². The number of benzene rings is 1. The Bertz CT molecular complexity index is 647. The largest absolute Gasteiger partial charge is 0.384 e. The van der Waals surface area contributed by atoms with Crippen LogP contribution in [0.15, 0.2) is 35.4 Å². The van der Waals surface area contributed by atoms with Crippen LogP contribution in [-0.4, -0.2) is 18.6 Å². The summed E-state index contributed by atoms with van der Waals surface area (Å²) in [5.74, 6) is 0.365. The van der Waals surface area contributed by atoms with Crippen molar-refractivity contribution in [3.05, 3.63) is 41.6 Å². The summed E-state index contributed by atoms with van der Waals surface area (Å²) in [7, 11) is -3.53. The highest BCUT2D eigenvalue weighted by molar-refractivity contribution is 7.89. The van der Waals surface area contributed by atoms with Crippen LogP contribution < -0.4 is 10.5 Å². The van der Waals surface area contributed by atoms with Crippen molar-refractivity contribution in [2.24, 2.45) is 0 Å². The number of aryl methyl sites for hydroxylation is 1. The topological polar surface area (TPSA) is 101 Å². The number of nitrogens with two attached hydrogens (primary N) is 1. The molecule has 2 aromatic rings. The van der Waals surface area contributed by atoms with Crippen LogP contribution in [0.25, 0.3) is 0 Å². The Hall–Kier alpha value is -1.86. The fourth-order valence-electron chi connectivity index (χ4n) is 1.62. The van der Waals surface area contributed by atoms with Gasteiger partial charge < -0.3 is 5.73 Å². The van der Waals surface area contributed by atoms with Crippen LogP contribution in [0.5, 0.6) is 0 Å². The summed E-state index contributed by atoms with van der Waals surface area (Å²) in [6.07, 6.45) is 2.37. The van der Waals surface area contributed by atoms with Crippen LogP contribution in [-0.2, 0) is 23.0 Å². The molecule has 1 heterocycles. The first kappa shape index (κ1) is 13.6. The van der Waals surface area contributed by atoms with Gasteiger partial charge in [-0.05, 0) is 24.1 Å². The lowest BCUT2D eigenvalue weighted by atomic mass is 10.2. The van der Waals surface area contributed by atoms with Crippen LogP contribution in [0.4, 0.5) is 5.82 Å². The number of H-pyrrole nitrogens is 1. The maximum atomic E-state index is 12.1. The summed E-state index contributed by atoms with van der Waals surface area (Å²) >= 11 is 0. The molecule has 4 N–H and O–H groups in total. The molecular weight excluding hydrogens is 264 g/mol. The number of rotatable bonds is 5. The molecule has 0 amide bonds. The monoisotopic (exact) mass is 280 g/mol. The van der Waals surface area contributed by atoms with Gasteiger partial charge in [0, 0.05) is 12.1 Å². The summed E-state index contributed by atoms with van der Waals surface area (Å²) in [4.78, 5) is 0.242. The van der Waals surface area contributed by atoms with E-state index in [0.29, 0.717) is 11.4 Å². The molecule has 0 fully saturated rings. The molecule has 0 aliphatic heterocycles. The summed E-state index contributed by atoms with van der Waals surface area (Å²) in [5.41, 5.74) is 7.31. The highest BCUT2D eigenvalue weighted by Crippen LogP contribution is 2.12. The number of aromatic nitrogens is 2. The van der Waals surface area contributed by atoms with E-state index in [-0.39, 0.29) is 11.4 Å². The lowest BCUT2D eigenvalue weighted by Gasteiger charge is -2.06. The van der Waals surface area contributed by atoms with Gasteiger partial charge in [0.25, 0.3) is 0 Å². The summed E-state index contributed by atoms with van der Waals surface area (Å²) in [6, 6.07) is 6.81. The minimum atomic E-state index is -3.53. The normalized spacial score (nSPS) is 11.6. The number of hydrogen-bond acceptors (Lipinski definition) is 4. The fraction of sp³-hybridized carbons (Fsp3) is 0.250. The number of aromatic amines is 1. The van der Waals surface area contributed by atoms with Crippen molar-refractivity contribution in [2.45, 2.75) is 24.8 Å². The van der Waals surface area contributed by atoms with Crippen molar-refractivity contribution in [1.29, 1.82) is 0 Å². The molecule has 0 spiro atoms. The van der Waals surface area contributed by atoms with Crippen molar-refractivity contribution in [3.8, 4) is 0 Å². The third-order valence-corrected chi connectivity index (χ3v) is 4.26. The van der Waals surface area contributed by atoms with E-state index >= 15 is 0 Å². The molecule has 0 aliphatic carbocycles. The van der Waals surface area contributed by atoms with Gasteiger partial charge in [0.05, 0.1) is 11.1 Å². The highest BCUT2D eigenvalue weighted by atomic mass is 32.2. The van der Waals surface area contributed by atoms with Crippen molar-refractivity contribution in [3.63, 3.8) is 0 Å². The van der Waals surface area contributed by atoms with Crippen LogP contribution >= 0.6 is 0 Å². The summed E-state index contributed by atoms with van der Waals surface area (Å²) in [5, 5.41) is 6.29. The average molecular weight is 280 g/mol. The quantitative estimate of drug-likeness (QED) is 0.761. The number of sulfonamides is 1. The predicted molar refractivity (Wildman–Crippen MR) is 72.8 cm³/mol. The Morgan fingerprint density at radius 1 is 1.32 bits per heavy atom. The Labute approximate surface area is 112 Å². The van der Waals surface area contributed by atoms with Crippen molar-refractivity contribution >= 4 is 15.8 Å². The van der Waals surface area contributed by atoms with E-state index in [4.69, 9.17) is 5.73 Å². The zero-order valence-electron chi connectivity index (χ0n) is 10.6. The van der Waals surface area contributed by atoms with Crippen molar-refractivity contribution in [2.75, 3.05) is 5.73 Å². The molecule has 6 nitrogen and oxygen atoms in total. The van der Waals surface area contributed by atoms with Gasteiger partial charge >= 0.3 is 0 Å². The molecule has 0 aliphatic rings. The van der Waals surface area contributed by atoms with Gasteiger partial charge in [0.15, 0.2) is 0 Å². The summed E-state index contributed by atoms with van der Waals surface area (Å²) in [6.45, 7) is 2.13. The number of nitrogens with zero attached hydrogens (tertiary/aromatic N) is 1. The number of nitrogens with one attached hydrogen (secondary N) is 2. The summed E-state index contributed by atoms with van der Waals surface area (Å²) < 4.78 is 26.6. The van der Waals surface area contributed by atoms with Crippen LogP contribution in [0.3, 0.4) is 0 Å². The molecule has 0 atom stereocenters. The average Bonchev–Trinajstić information content (AvgIpc) is 2.82. The lowest BCUT2D eigenvalue weighted by molar-refractivity contribution is 0.581. The van der Waals surface area contributed by atoms with Crippen molar-refractivity contribution < 1.29 is 8.42 Å². The van der Waals surface area contributed by atoms with E-state index in [1.54, 1.807) is 24.3 Å². The molecule has 0 saturated carbocycles. The van der Waals surface area contributed by atoms with E-state index in [1.165, 1.54) is 6.20 Å². The van der Waals surface area contributed by atoms with Gasteiger partial charge in [-0.2, -0.15) is 5.10 Å². The van der Waals surface area contributed by atoms with Gasteiger partial charge in [0.1, 0.15) is 5.82 Å². The molecule has 0 radical (unpaired) electrons. The third-order valence-electron chi connectivity index (χ3n) is 2.85. The molecule has 0 bridgehead atoms. The maximum absolute atomic E-state index is 12.1. The standard InChI is InChI=1S/C12H16N4O2S/c1-2-9-3-5-11(6-4-9)19(17,18)15-8-10-7-14-16-12(10)13/h3-7,15H,2,8H2,1H3,(H3,13,14,16). The second-order valence-corrected chi connectivity index (χ2v) is 5.90. The Kier molecular flexibility index (Phi) is 3.87. The second-order valence-electron chi connectivity index (χ2n) is 4.13. The molecule has 0 saturated heterocycles. The van der Waals surface area contributed by atoms with E-state index in [2.05, 4.69) is 14.9 Å². The number of anilines is 1. The first-order valence-electron chi connectivity index (χ1n) is 5.89. The number of hydrogen-bond donors (Lipinski definition) is 3. The lowest BCUT2D eigenvalue weighted by Crippen LogP contribution is -2.23. The van der Waals surface area contributed by atoms with Gasteiger partial charge in [0.2, 0.25) is 10.0 Å². The van der Waals surface area contributed by atoms with Gasteiger partial charge in [-0.25, -0.2) is 13.1 Å². The molecule has 19 heavy (non-hydrogen) atoms. The molecular formula is C12H16N4O2S. The predicted octanol–water partition coefficient (Wildman–Crippen LogP) is 1.03. The number of nitrogen functional groups attached to an aromatic ring is 1. The second kappa shape index (κ2) is 5.41. The van der Waals surface area contributed by atoms with Gasteiger partial charge in [-0.15, -0.1) is 0 Å². The smallest absolute Gasteiger partial charge is 0.240 e. The zero-order valence-corrected chi connectivity index (χ0v) is 11.4. The van der Waals surface area contributed by atoms with Crippen molar-refractivity contribution in [1.82, 2.24) is 14.9 Å². The third kappa shape index (κ3) is 3.12. The van der Waals surface area contributed by atoms with Gasteiger partial charge in [-0.3, -0.25) is 5.10 Å². The molecule has 0 unspecified atom stereocenters. The van der Waals surface area contributed by atoms with Gasteiger partial charge in [-0.1, -0.05) is 19.1 Å². The Morgan fingerprint density at radius 3 is 2.53 bits per heavy atom. The zero-order chi connectivity index (χ0) is 13.9. The first-order valence-corrected chi connectivity index (χ1v) is 7.37. The molecule has 7 heteroatoms. The SMILES string of the molecule is CCc1ccc(S(=O)(=O)NCc2cn[nH]c2N)cc1. The molecule has 102 valence electrons. The minimum Gasteiger partial charge on any atom is -0.384 e. The molecule has 1 aromatic carbocycles. The maximum Gasteiger partial charge on any atom is 0.240 e. The highest BCUT2D eigenvalue weighted by Gasteiger charge is 2.14. The molecule has 1 aromatic heterocycles.